The minimum absolute atomic E-state index is 0.0780. The van der Waals surface area contributed by atoms with Crippen molar-refractivity contribution in [2.75, 3.05) is 6.54 Å². The molecule has 0 radical (unpaired) electrons. The molecule has 6 nitrogen and oxygen atoms in total. The predicted octanol–water partition coefficient (Wildman–Crippen LogP) is 0.218. The summed E-state index contributed by atoms with van der Waals surface area (Å²) in [5.74, 6) is -1.66. The summed E-state index contributed by atoms with van der Waals surface area (Å²) < 4.78 is 0. The lowest BCUT2D eigenvalue weighted by molar-refractivity contribution is -0.141. The standard InChI is InChI=1S/C11H13N3O3/c1-7-3-13-9(4-12-7)6-14-5-8(11(16)17)2-10(14)15/h3-4,8H,2,5-6H2,1H3,(H,16,17)/t8-/m1/s1. The summed E-state index contributed by atoms with van der Waals surface area (Å²) >= 11 is 0. The number of aliphatic carboxylic acids is 1. The minimum atomic E-state index is -0.921. The zero-order chi connectivity index (χ0) is 12.4. The second-order valence-electron chi connectivity index (χ2n) is 4.16. The zero-order valence-corrected chi connectivity index (χ0v) is 9.46. The van der Waals surface area contributed by atoms with Crippen LogP contribution < -0.4 is 0 Å². The van der Waals surface area contributed by atoms with Crippen LogP contribution in [-0.2, 0) is 16.1 Å². The number of carbonyl (C=O) groups excluding carboxylic acids is 1. The van der Waals surface area contributed by atoms with Crippen molar-refractivity contribution in [1.29, 1.82) is 0 Å². The van der Waals surface area contributed by atoms with Crippen molar-refractivity contribution in [2.24, 2.45) is 5.92 Å². The summed E-state index contributed by atoms with van der Waals surface area (Å²) in [6, 6.07) is 0. The monoisotopic (exact) mass is 235 g/mol. The average molecular weight is 235 g/mol. The Balaban J connectivity index is 2.02. The van der Waals surface area contributed by atoms with Crippen LogP contribution >= 0.6 is 0 Å². The fourth-order valence-corrected chi connectivity index (χ4v) is 1.79. The van der Waals surface area contributed by atoms with Gasteiger partial charge in [-0.1, -0.05) is 0 Å². The quantitative estimate of drug-likeness (QED) is 0.810. The predicted molar refractivity (Wildman–Crippen MR) is 57.9 cm³/mol. The molecule has 1 amide bonds. The summed E-state index contributed by atoms with van der Waals surface area (Å²) in [4.78, 5) is 32.1. The van der Waals surface area contributed by atoms with Crippen LogP contribution in [0.4, 0.5) is 0 Å². The first-order valence-electron chi connectivity index (χ1n) is 5.34. The van der Waals surface area contributed by atoms with E-state index in [-0.39, 0.29) is 18.9 Å². The lowest BCUT2D eigenvalue weighted by atomic mass is 10.1. The summed E-state index contributed by atoms with van der Waals surface area (Å²) in [6.45, 7) is 2.41. The highest BCUT2D eigenvalue weighted by Crippen LogP contribution is 2.19. The van der Waals surface area contributed by atoms with Gasteiger partial charge >= 0.3 is 5.97 Å². The van der Waals surface area contributed by atoms with E-state index in [0.717, 1.165) is 5.69 Å². The van der Waals surface area contributed by atoms with E-state index >= 15 is 0 Å². The number of amides is 1. The molecule has 1 fully saturated rings. The maximum atomic E-state index is 11.6. The molecule has 1 aromatic rings. The molecule has 0 spiro atoms. The van der Waals surface area contributed by atoms with Gasteiger partial charge in [-0.05, 0) is 6.92 Å². The van der Waals surface area contributed by atoms with E-state index in [4.69, 9.17) is 5.11 Å². The molecule has 1 saturated heterocycles. The van der Waals surface area contributed by atoms with Gasteiger partial charge in [0.2, 0.25) is 5.91 Å². The molecule has 17 heavy (non-hydrogen) atoms. The SMILES string of the molecule is Cc1cnc(CN2C[C@H](C(=O)O)CC2=O)cn1. The van der Waals surface area contributed by atoms with Gasteiger partial charge in [-0.3, -0.25) is 19.6 Å². The third-order valence-corrected chi connectivity index (χ3v) is 2.75. The van der Waals surface area contributed by atoms with Crippen LogP contribution in [0, 0.1) is 12.8 Å². The fraction of sp³-hybridized carbons (Fsp3) is 0.455. The molecule has 0 bridgehead atoms. The van der Waals surface area contributed by atoms with Gasteiger partial charge in [0.15, 0.2) is 0 Å². The van der Waals surface area contributed by atoms with Gasteiger partial charge < -0.3 is 10.0 Å². The van der Waals surface area contributed by atoms with Crippen molar-refractivity contribution < 1.29 is 14.7 Å². The van der Waals surface area contributed by atoms with Gasteiger partial charge in [-0.25, -0.2) is 0 Å². The first kappa shape index (κ1) is 11.5. The Morgan fingerprint density at radius 2 is 2.29 bits per heavy atom. The third-order valence-electron chi connectivity index (χ3n) is 2.75. The molecule has 1 aromatic heterocycles. The first-order chi connectivity index (χ1) is 8.06. The van der Waals surface area contributed by atoms with E-state index in [9.17, 15) is 9.59 Å². The lowest BCUT2D eigenvalue weighted by Crippen LogP contribution is -2.26. The molecule has 0 aromatic carbocycles. The highest BCUT2D eigenvalue weighted by Gasteiger charge is 2.34. The number of aromatic nitrogens is 2. The summed E-state index contributed by atoms with van der Waals surface area (Å²) in [7, 11) is 0. The molecule has 1 aliphatic rings. The van der Waals surface area contributed by atoms with Crippen LogP contribution in [0.1, 0.15) is 17.8 Å². The van der Waals surface area contributed by atoms with E-state index in [1.165, 1.54) is 4.90 Å². The molecule has 0 unspecified atom stereocenters. The van der Waals surface area contributed by atoms with E-state index < -0.39 is 11.9 Å². The number of likely N-dealkylation sites (tertiary alicyclic amines) is 1. The Morgan fingerprint density at radius 3 is 2.82 bits per heavy atom. The largest absolute Gasteiger partial charge is 0.481 e. The second-order valence-corrected chi connectivity index (χ2v) is 4.16. The van der Waals surface area contributed by atoms with Crippen molar-refractivity contribution in [2.45, 2.75) is 19.9 Å². The molecular weight excluding hydrogens is 222 g/mol. The van der Waals surface area contributed by atoms with Crippen molar-refractivity contribution >= 4 is 11.9 Å². The van der Waals surface area contributed by atoms with Gasteiger partial charge in [0.1, 0.15) is 0 Å². The molecule has 0 saturated carbocycles. The summed E-state index contributed by atoms with van der Waals surface area (Å²) in [6.07, 6.45) is 3.32. The van der Waals surface area contributed by atoms with Gasteiger partial charge in [0, 0.05) is 19.2 Å². The van der Waals surface area contributed by atoms with Gasteiger partial charge in [0.05, 0.1) is 30.0 Å². The third kappa shape index (κ3) is 2.58. The van der Waals surface area contributed by atoms with Crippen molar-refractivity contribution in [3.05, 3.63) is 23.8 Å². The maximum absolute atomic E-state index is 11.6. The average Bonchev–Trinajstić information content (AvgIpc) is 2.64. The molecule has 1 aliphatic heterocycles. The number of hydrogen-bond donors (Lipinski definition) is 1. The van der Waals surface area contributed by atoms with Crippen LogP contribution in [0.25, 0.3) is 0 Å². The Kier molecular flexibility index (Phi) is 3.03. The van der Waals surface area contributed by atoms with Gasteiger partial charge in [0.25, 0.3) is 0 Å². The number of carbonyl (C=O) groups is 2. The molecule has 0 aliphatic carbocycles. The highest BCUT2D eigenvalue weighted by molar-refractivity contribution is 5.85. The van der Waals surface area contributed by atoms with Gasteiger partial charge in [-0.15, -0.1) is 0 Å². The van der Waals surface area contributed by atoms with E-state index in [0.29, 0.717) is 12.2 Å². The Hall–Kier alpha value is -1.98. The second kappa shape index (κ2) is 4.48. The number of nitrogens with zero attached hydrogens (tertiary/aromatic N) is 3. The van der Waals surface area contributed by atoms with Crippen LogP contribution in [0.5, 0.6) is 0 Å². The molecule has 2 heterocycles. The molecule has 1 atom stereocenters. The smallest absolute Gasteiger partial charge is 0.308 e. The first-order valence-corrected chi connectivity index (χ1v) is 5.34. The van der Waals surface area contributed by atoms with Crippen LogP contribution in [0.15, 0.2) is 12.4 Å². The molecule has 6 heteroatoms. The van der Waals surface area contributed by atoms with Crippen molar-refractivity contribution in [3.63, 3.8) is 0 Å². The maximum Gasteiger partial charge on any atom is 0.308 e. The normalized spacial score (nSPS) is 19.7. The van der Waals surface area contributed by atoms with E-state index in [1.807, 2.05) is 6.92 Å². The minimum Gasteiger partial charge on any atom is -0.481 e. The summed E-state index contributed by atoms with van der Waals surface area (Å²) in [5.41, 5.74) is 1.49. The number of aryl methyl sites for hydroxylation is 1. The highest BCUT2D eigenvalue weighted by atomic mass is 16.4. The van der Waals surface area contributed by atoms with Gasteiger partial charge in [-0.2, -0.15) is 0 Å². The lowest BCUT2D eigenvalue weighted by Gasteiger charge is -2.14. The van der Waals surface area contributed by atoms with E-state index in [1.54, 1.807) is 12.4 Å². The van der Waals surface area contributed by atoms with Crippen LogP contribution in [-0.4, -0.2) is 38.4 Å². The van der Waals surface area contributed by atoms with Crippen LogP contribution in [0.3, 0.4) is 0 Å². The van der Waals surface area contributed by atoms with E-state index in [2.05, 4.69) is 9.97 Å². The van der Waals surface area contributed by atoms with Crippen molar-refractivity contribution in [3.8, 4) is 0 Å². The fourth-order valence-electron chi connectivity index (χ4n) is 1.79. The Bertz CT molecular complexity index is 444. The number of hydrogen-bond acceptors (Lipinski definition) is 4. The number of rotatable bonds is 3. The number of carboxylic acids is 1. The zero-order valence-electron chi connectivity index (χ0n) is 9.46. The molecular formula is C11H13N3O3. The molecule has 1 N–H and O–H groups in total. The topological polar surface area (TPSA) is 83.4 Å². The summed E-state index contributed by atoms with van der Waals surface area (Å²) in [5, 5.41) is 8.84. The number of carboxylic acid groups (broad SMARTS) is 1. The van der Waals surface area contributed by atoms with Crippen LogP contribution in [0.2, 0.25) is 0 Å². The van der Waals surface area contributed by atoms with Crippen molar-refractivity contribution in [1.82, 2.24) is 14.9 Å². The molecule has 2 rings (SSSR count). The molecule has 90 valence electrons. The Morgan fingerprint density at radius 1 is 1.53 bits per heavy atom. The Labute approximate surface area is 98.3 Å².